The number of nitrogens with zero attached hydrogens (tertiary/aromatic N) is 1. The van der Waals surface area contributed by atoms with E-state index in [1.165, 1.54) is 0 Å². The Kier molecular flexibility index (Phi) is 8.32. The molecule has 0 aliphatic carbocycles. The molecule has 0 spiro atoms. The van der Waals surface area contributed by atoms with Gasteiger partial charge in [-0.2, -0.15) is 0 Å². The van der Waals surface area contributed by atoms with Crippen LogP contribution in [0.3, 0.4) is 0 Å². The highest BCUT2D eigenvalue weighted by molar-refractivity contribution is 7.90. The smallest absolute Gasteiger partial charge is 0.239 e. The molecule has 0 fully saturated rings. The maximum Gasteiger partial charge on any atom is 0.239 e. The fourth-order valence-corrected chi connectivity index (χ4v) is 2.20. The van der Waals surface area contributed by atoms with Crippen LogP contribution in [-0.4, -0.2) is 39.8 Å². The molecule has 0 radical (unpaired) electrons. The fraction of sp³-hybridized carbons (Fsp3) is 0.583. The van der Waals surface area contributed by atoms with E-state index in [0.29, 0.717) is 25.4 Å². The van der Waals surface area contributed by atoms with Crippen molar-refractivity contribution in [3.8, 4) is 0 Å². The molecule has 0 aliphatic rings. The molecular weight excluding hydrogens is 252 g/mol. The zero-order valence-electron chi connectivity index (χ0n) is 11.2. The number of hydrogen-bond donors (Lipinski definition) is 1. The van der Waals surface area contributed by atoms with Gasteiger partial charge < -0.3 is 4.74 Å². The van der Waals surface area contributed by atoms with Crippen molar-refractivity contribution in [1.29, 1.82) is 0 Å². The first kappa shape index (κ1) is 16.9. The lowest BCUT2D eigenvalue weighted by Crippen LogP contribution is -2.36. The molecule has 0 heterocycles. The summed E-state index contributed by atoms with van der Waals surface area (Å²) in [6.07, 6.45) is 5.31. The van der Waals surface area contributed by atoms with Crippen LogP contribution in [0.5, 0.6) is 0 Å². The number of hydrogen-bond acceptors (Lipinski definition) is 4. The summed E-state index contributed by atoms with van der Waals surface area (Å²) in [5.74, 6) is 0.387. The van der Waals surface area contributed by atoms with E-state index in [2.05, 4.69) is 16.3 Å². The minimum absolute atomic E-state index is 0.380. The van der Waals surface area contributed by atoms with Gasteiger partial charge >= 0.3 is 0 Å². The van der Waals surface area contributed by atoms with Crippen LogP contribution in [-0.2, 0) is 14.8 Å². The highest BCUT2D eigenvalue weighted by Crippen LogP contribution is 2.01. The second-order valence-corrected chi connectivity index (χ2v) is 5.73. The number of ether oxygens (including phenoxy) is 1. The average Bonchev–Trinajstić information content (AvgIpc) is 2.29. The molecule has 0 aromatic carbocycles. The molecular formula is C12H22N2O3S. The number of nitrogens with one attached hydrogen (secondary N) is 1. The quantitative estimate of drug-likeness (QED) is 0.315. The van der Waals surface area contributed by atoms with Crippen LogP contribution in [0, 0.1) is 0 Å². The average molecular weight is 274 g/mol. The minimum Gasteiger partial charge on any atom is -0.383 e. The zero-order valence-corrected chi connectivity index (χ0v) is 12.0. The number of amidine groups is 1. The van der Waals surface area contributed by atoms with Crippen LogP contribution >= 0.6 is 0 Å². The second kappa shape index (κ2) is 8.88. The molecule has 0 rings (SSSR count). The largest absolute Gasteiger partial charge is 0.383 e. The highest BCUT2D eigenvalue weighted by atomic mass is 32.2. The SMILES string of the molecule is C=CCC(=NCCOC)NS(=O)(=O)C(C)/C=C\C. The Labute approximate surface area is 110 Å². The van der Waals surface area contributed by atoms with Crippen molar-refractivity contribution in [3.05, 3.63) is 24.8 Å². The van der Waals surface area contributed by atoms with Gasteiger partial charge in [-0.25, -0.2) is 8.42 Å². The van der Waals surface area contributed by atoms with E-state index in [9.17, 15) is 8.42 Å². The minimum atomic E-state index is -3.44. The van der Waals surface area contributed by atoms with E-state index >= 15 is 0 Å². The first-order chi connectivity index (χ1) is 8.47. The van der Waals surface area contributed by atoms with Gasteiger partial charge in [-0.1, -0.05) is 18.2 Å². The summed E-state index contributed by atoms with van der Waals surface area (Å²) in [5, 5.41) is -0.597. The lowest BCUT2D eigenvalue weighted by molar-refractivity contribution is 0.208. The molecule has 1 N–H and O–H groups in total. The predicted octanol–water partition coefficient (Wildman–Crippen LogP) is 1.49. The van der Waals surface area contributed by atoms with E-state index in [1.807, 2.05) is 0 Å². The Morgan fingerprint density at radius 1 is 1.56 bits per heavy atom. The maximum atomic E-state index is 11.9. The van der Waals surface area contributed by atoms with Crippen LogP contribution in [0.2, 0.25) is 0 Å². The number of aliphatic imine (C=N–C) groups is 1. The number of rotatable bonds is 8. The van der Waals surface area contributed by atoms with Crippen molar-refractivity contribution in [2.24, 2.45) is 4.99 Å². The molecule has 0 saturated carbocycles. The van der Waals surface area contributed by atoms with Crippen molar-refractivity contribution in [2.75, 3.05) is 20.3 Å². The van der Waals surface area contributed by atoms with Crippen molar-refractivity contribution >= 4 is 15.9 Å². The second-order valence-electron chi connectivity index (χ2n) is 3.69. The zero-order chi connectivity index (χ0) is 14.0. The standard InChI is InChI=1S/C12H22N2O3S/c1-5-7-11(3)18(15,16)14-12(8-6-2)13-9-10-17-4/h5-7,11H,2,8-10H2,1,3-4H3,(H,13,14)/b7-5-. The topological polar surface area (TPSA) is 67.8 Å². The summed E-state index contributed by atoms with van der Waals surface area (Å²) in [6, 6.07) is 0. The monoisotopic (exact) mass is 274 g/mol. The summed E-state index contributed by atoms with van der Waals surface area (Å²) in [4.78, 5) is 4.14. The molecule has 18 heavy (non-hydrogen) atoms. The first-order valence-corrected chi connectivity index (χ1v) is 7.30. The van der Waals surface area contributed by atoms with Gasteiger partial charge in [0.05, 0.1) is 18.4 Å². The molecule has 104 valence electrons. The van der Waals surface area contributed by atoms with Gasteiger partial charge in [-0.3, -0.25) is 9.71 Å². The molecule has 0 saturated heterocycles. The van der Waals surface area contributed by atoms with Crippen molar-refractivity contribution in [2.45, 2.75) is 25.5 Å². The number of sulfonamides is 1. The van der Waals surface area contributed by atoms with Gasteiger partial charge in [-0.15, -0.1) is 6.58 Å². The van der Waals surface area contributed by atoms with Crippen LogP contribution < -0.4 is 4.72 Å². The van der Waals surface area contributed by atoms with Crippen LogP contribution in [0.4, 0.5) is 0 Å². The summed E-state index contributed by atoms with van der Waals surface area (Å²) in [5.41, 5.74) is 0. The predicted molar refractivity (Wildman–Crippen MR) is 75.3 cm³/mol. The van der Waals surface area contributed by atoms with E-state index in [0.717, 1.165) is 0 Å². The maximum absolute atomic E-state index is 11.9. The number of allylic oxidation sites excluding steroid dienone is 1. The van der Waals surface area contributed by atoms with Crippen molar-refractivity contribution < 1.29 is 13.2 Å². The van der Waals surface area contributed by atoms with Gasteiger partial charge in [0.15, 0.2) is 0 Å². The summed E-state index contributed by atoms with van der Waals surface area (Å²) >= 11 is 0. The van der Waals surface area contributed by atoms with E-state index in [4.69, 9.17) is 4.74 Å². The molecule has 0 aromatic rings. The highest BCUT2D eigenvalue weighted by Gasteiger charge is 2.18. The van der Waals surface area contributed by atoms with Gasteiger partial charge in [0.2, 0.25) is 10.0 Å². The van der Waals surface area contributed by atoms with Crippen LogP contribution in [0.1, 0.15) is 20.3 Å². The van der Waals surface area contributed by atoms with Crippen LogP contribution in [0.25, 0.3) is 0 Å². The Hall–Kier alpha value is -1.14. The summed E-state index contributed by atoms with van der Waals surface area (Å²) in [7, 11) is -1.87. The molecule has 0 bridgehead atoms. The third kappa shape index (κ3) is 6.56. The summed E-state index contributed by atoms with van der Waals surface area (Å²) < 4.78 is 31.2. The van der Waals surface area contributed by atoms with E-state index in [1.54, 1.807) is 39.2 Å². The lowest BCUT2D eigenvalue weighted by Gasteiger charge is -2.12. The molecule has 0 aromatic heterocycles. The molecule has 5 nitrogen and oxygen atoms in total. The molecule has 0 amide bonds. The van der Waals surface area contributed by atoms with Crippen molar-refractivity contribution in [1.82, 2.24) is 4.72 Å². The summed E-state index contributed by atoms with van der Waals surface area (Å²) in [6.45, 7) is 7.84. The normalized spacial score (nSPS) is 14.7. The van der Waals surface area contributed by atoms with Gasteiger partial charge in [0.1, 0.15) is 5.84 Å². The van der Waals surface area contributed by atoms with E-state index in [-0.39, 0.29) is 0 Å². The number of methoxy groups -OCH3 is 1. The van der Waals surface area contributed by atoms with Gasteiger partial charge in [0.25, 0.3) is 0 Å². The molecule has 1 unspecified atom stereocenters. The van der Waals surface area contributed by atoms with Crippen LogP contribution in [0.15, 0.2) is 29.8 Å². The first-order valence-electron chi connectivity index (χ1n) is 5.75. The fourth-order valence-electron chi connectivity index (χ4n) is 1.18. The third-order valence-corrected chi connectivity index (χ3v) is 3.80. The Morgan fingerprint density at radius 2 is 2.22 bits per heavy atom. The lowest BCUT2D eigenvalue weighted by atomic mass is 10.4. The Balaban J connectivity index is 4.76. The van der Waals surface area contributed by atoms with Gasteiger partial charge in [-0.05, 0) is 13.8 Å². The Morgan fingerprint density at radius 3 is 2.72 bits per heavy atom. The van der Waals surface area contributed by atoms with Crippen molar-refractivity contribution in [3.63, 3.8) is 0 Å². The van der Waals surface area contributed by atoms with Gasteiger partial charge in [0, 0.05) is 13.5 Å². The molecule has 1 atom stereocenters. The molecule has 0 aliphatic heterocycles. The third-order valence-electron chi connectivity index (χ3n) is 2.15. The van der Waals surface area contributed by atoms with E-state index < -0.39 is 15.3 Å². The Bertz CT molecular complexity index is 400. The molecule has 6 heteroatoms.